The fourth-order valence-corrected chi connectivity index (χ4v) is 3.68. The normalized spacial score (nSPS) is 36.3. The smallest absolute Gasteiger partial charge is 0.310 e. The summed E-state index contributed by atoms with van der Waals surface area (Å²) >= 11 is 0. The molecule has 0 radical (unpaired) electrons. The third kappa shape index (κ3) is 1.65. The molecule has 0 aromatic carbocycles. The number of nitrogens with zero attached hydrogens (tertiary/aromatic N) is 2. The number of carboxylic acids is 1. The summed E-state index contributed by atoms with van der Waals surface area (Å²) in [6.07, 6.45) is 4.83. The summed E-state index contributed by atoms with van der Waals surface area (Å²) in [6, 6.07) is 5.53. The van der Waals surface area contributed by atoms with Crippen molar-refractivity contribution in [3.8, 4) is 0 Å². The van der Waals surface area contributed by atoms with Crippen LogP contribution < -0.4 is 0 Å². The van der Waals surface area contributed by atoms with Gasteiger partial charge in [0.2, 0.25) is 5.91 Å². The van der Waals surface area contributed by atoms with Crippen molar-refractivity contribution in [2.24, 2.45) is 11.8 Å². The maximum atomic E-state index is 12.6. The van der Waals surface area contributed by atoms with Crippen molar-refractivity contribution < 1.29 is 19.4 Å². The van der Waals surface area contributed by atoms with E-state index in [4.69, 9.17) is 4.74 Å². The Bertz CT molecular complexity index is 644. The highest BCUT2D eigenvalue weighted by molar-refractivity contribution is 5.90. The fraction of sp³-hybridized carbons (Fsp3) is 0.400. The predicted molar refractivity (Wildman–Crippen MR) is 71.0 cm³/mol. The van der Waals surface area contributed by atoms with Crippen LogP contribution in [0.2, 0.25) is 0 Å². The van der Waals surface area contributed by atoms with E-state index in [2.05, 4.69) is 4.98 Å². The van der Waals surface area contributed by atoms with E-state index in [9.17, 15) is 14.7 Å². The Labute approximate surface area is 121 Å². The Hall–Kier alpha value is -2.21. The number of amides is 1. The molecule has 1 amide bonds. The van der Waals surface area contributed by atoms with Crippen molar-refractivity contribution in [2.45, 2.75) is 18.2 Å². The first-order chi connectivity index (χ1) is 10.1. The average molecular weight is 286 g/mol. The number of aromatic nitrogens is 1. The molecule has 4 rings (SSSR count). The van der Waals surface area contributed by atoms with Crippen molar-refractivity contribution in [2.75, 3.05) is 6.54 Å². The zero-order chi connectivity index (χ0) is 14.6. The number of hydrogen-bond donors (Lipinski definition) is 1. The molecule has 0 saturated carbocycles. The summed E-state index contributed by atoms with van der Waals surface area (Å²) in [6.45, 7) is 0.774. The lowest BCUT2D eigenvalue weighted by molar-refractivity contribution is -0.148. The number of hydrogen-bond acceptors (Lipinski definition) is 4. The van der Waals surface area contributed by atoms with Crippen molar-refractivity contribution in [3.63, 3.8) is 0 Å². The van der Waals surface area contributed by atoms with Crippen LogP contribution in [0.1, 0.15) is 5.69 Å². The lowest BCUT2D eigenvalue weighted by Gasteiger charge is -2.21. The molecule has 6 heteroatoms. The molecule has 6 nitrogen and oxygen atoms in total. The van der Waals surface area contributed by atoms with Crippen molar-refractivity contribution in [1.82, 2.24) is 9.88 Å². The summed E-state index contributed by atoms with van der Waals surface area (Å²) in [7, 11) is 0. The van der Waals surface area contributed by atoms with Gasteiger partial charge in [0, 0.05) is 6.20 Å². The average Bonchev–Trinajstić information content (AvgIpc) is 3.09. The number of carbonyl (C=O) groups is 2. The highest BCUT2D eigenvalue weighted by Gasteiger charge is 2.66. The monoisotopic (exact) mass is 286 g/mol. The number of aliphatic carboxylic acids is 1. The van der Waals surface area contributed by atoms with Crippen LogP contribution in [-0.4, -0.2) is 45.1 Å². The van der Waals surface area contributed by atoms with E-state index in [-0.39, 0.29) is 5.91 Å². The number of fused-ring (bicyclic) bond motifs is 1. The second kappa shape index (κ2) is 4.14. The third-order valence-corrected chi connectivity index (χ3v) is 4.54. The summed E-state index contributed by atoms with van der Waals surface area (Å²) in [5.41, 5.74) is 0.0205. The van der Waals surface area contributed by atoms with Crippen LogP contribution in [0.15, 0.2) is 36.5 Å². The molecule has 3 aliphatic heterocycles. The zero-order valence-electron chi connectivity index (χ0n) is 11.2. The molecule has 2 fully saturated rings. The van der Waals surface area contributed by atoms with E-state index < -0.39 is 29.5 Å². The number of carbonyl (C=O) groups excluding carboxylic acids is 1. The summed E-state index contributed by atoms with van der Waals surface area (Å²) < 4.78 is 5.82. The topological polar surface area (TPSA) is 79.7 Å². The van der Waals surface area contributed by atoms with Gasteiger partial charge in [-0.15, -0.1) is 0 Å². The molecule has 1 spiro atoms. The van der Waals surface area contributed by atoms with Gasteiger partial charge >= 0.3 is 5.97 Å². The molecule has 4 atom stereocenters. The molecule has 1 N–H and O–H groups in total. The van der Waals surface area contributed by atoms with Gasteiger partial charge in [-0.05, 0) is 12.1 Å². The maximum Gasteiger partial charge on any atom is 0.310 e. The third-order valence-electron chi connectivity index (χ3n) is 4.54. The molecule has 3 aliphatic rings. The van der Waals surface area contributed by atoms with Crippen LogP contribution in [0.3, 0.4) is 0 Å². The van der Waals surface area contributed by atoms with Gasteiger partial charge < -0.3 is 14.7 Å². The Morgan fingerprint density at radius 3 is 3.10 bits per heavy atom. The molecular formula is C15H14N2O4. The van der Waals surface area contributed by atoms with E-state index in [1.807, 2.05) is 24.3 Å². The molecule has 108 valence electrons. The van der Waals surface area contributed by atoms with Crippen LogP contribution in [0.25, 0.3) is 0 Å². The fourth-order valence-electron chi connectivity index (χ4n) is 3.68. The predicted octanol–water partition coefficient (Wildman–Crippen LogP) is 0.448. The summed E-state index contributed by atoms with van der Waals surface area (Å²) in [5.74, 6) is -2.52. The molecule has 0 aliphatic carbocycles. The minimum absolute atomic E-state index is 0.153. The maximum absolute atomic E-state index is 12.6. The second-order valence-electron chi connectivity index (χ2n) is 5.75. The summed E-state index contributed by atoms with van der Waals surface area (Å²) in [5, 5.41) is 9.38. The van der Waals surface area contributed by atoms with Crippen molar-refractivity contribution >= 4 is 11.9 Å². The molecule has 2 bridgehead atoms. The van der Waals surface area contributed by atoms with Crippen LogP contribution in [0.4, 0.5) is 0 Å². The number of carboxylic acid groups (broad SMARTS) is 1. The molecule has 4 heterocycles. The standard InChI is InChI=1S/C15H14N2O4/c18-13-12-11(14(19)20)10-4-5-15(12,21-10)8-17(13)7-9-3-1-2-6-16-9/h1-6,10-12H,7-8H2,(H,19,20)/t10-,11-,12-,15-/m1/s1. The van der Waals surface area contributed by atoms with Gasteiger partial charge in [0.15, 0.2) is 0 Å². The number of ether oxygens (including phenoxy) is 1. The second-order valence-corrected chi connectivity index (χ2v) is 5.75. The van der Waals surface area contributed by atoms with Gasteiger partial charge in [0.1, 0.15) is 11.5 Å². The molecule has 21 heavy (non-hydrogen) atoms. The van der Waals surface area contributed by atoms with E-state index in [0.29, 0.717) is 13.1 Å². The molecule has 2 saturated heterocycles. The largest absolute Gasteiger partial charge is 0.481 e. The van der Waals surface area contributed by atoms with Crippen LogP contribution in [-0.2, 0) is 20.9 Å². The van der Waals surface area contributed by atoms with Gasteiger partial charge in [0.05, 0.1) is 30.8 Å². The lowest BCUT2D eigenvalue weighted by atomic mass is 9.77. The number of rotatable bonds is 3. The first-order valence-corrected chi connectivity index (χ1v) is 6.89. The quantitative estimate of drug-likeness (QED) is 0.816. The van der Waals surface area contributed by atoms with Gasteiger partial charge in [-0.25, -0.2) is 0 Å². The number of likely N-dealkylation sites (tertiary alicyclic amines) is 1. The highest BCUT2D eigenvalue weighted by atomic mass is 16.5. The first-order valence-electron chi connectivity index (χ1n) is 6.89. The first kappa shape index (κ1) is 12.5. The minimum Gasteiger partial charge on any atom is -0.481 e. The van der Waals surface area contributed by atoms with Gasteiger partial charge in [-0.1, -0.05) is 18.2 Å². The Kier molecular flexibility index (Phi) is 2.47. The lowest BCUT2D eigenvalue weighted by Crippen LogP contribution is -2.39. The van der Waals surface area contributed by atoms with Crippen LogP contribution in [0.5, 0.6) is 0 Å². The van der Waals surface area contributed by atoms with E-state index >= 15 is 0 Å². The van der Waals surface area contributed by atoms with Gasteiger partial charge in [0.25, 0.3) is 0 Å². The Balaban J connectivity index is 1.63. The van der Waals surface area contributed by atoms with Crippen LogP contribution in [0, 0.1) is 11.8 Å². The van der Waals surface area contributed by atoms with E-state index in [1.165, 1.54) is 0 Å². The Morgan fingerprint density at radius 2 is 2.38 bits per heavy atom. The molecule has 1 aromatic heterocycles. The van der Waals surface area contributed by atoms with Gasteiger partial charge in [-0.3, -0.25) is 14.6 Å². The SMILES string of the molecule is O=C(O)[C@@H]1[C@H]2C=C[C@]3(CN(Cc4ccccn4)C(=O)[C@@H]13)O2. The molecule has 0 unspecified atom stereocenters. The van der Waals surface area contributed by atoms with Crippen molar-refractivity contribution in [1.29, 1.82) is 0 Å². The highest BCUT2D eigenvalue weighted by Crippen LogP contribution is 2.51. The van der Waals surface area contributed by atoms with Gasteiger partial charge in [-0.2, -0.15) is 0 Å². The van der Waals surface area contributed by atoms with E-state index in [0.717, 1.165) is 5.69 Å². The van der Waals surface area contributed by atoms with Crippen LogP contribution >= 0.6 is 0 Å². The molecular weight excluding hydrogens is 272 g/mol. The zero-order valence-corrected chi connectivity index (χ0v) is 11.2. The minimum atomic E-state index is -0.968. The number of pyridine rings is 1. The molecule has 1 aromatic rings. The Morgan fingerprint density at radius 1 is 1.52 bits per heavy atom. The van der Waals surface area contributed by atoms with E-state index in [1.54, 1.807) is 17.2 Å². The summed E-state index contributed by atoms with van der Waals surface area (Å²) in [4.78, 5) is 29.9. The van der Waals surface area contributed by atoms with Crippen molar-refractivity contribution in [3.05, 3.63) is 42.2 Å².